The van der Waals surface area contributed by atoms with Gasteiger partial charge in [0.1, 0.15) is 0 Å². The van der Waals surface area contributed by atoms with Crippen LogP contribution in [-0.4, -0.2) is 73.6 Å². The van der Waals surface area contributed by atoms with Crippen LogP contribution in [0.25, 0.3) is 0 Å². The van der Waals surface area contributed by atoms with Crippen molar-refractivity contribution < 1.29 is 14.3 Å². The van der Waals surface area contributed by atoms with E-state index in [0.29, 0.717) is 19.1 Å². The highest BCUT2D eigenvalue weighted by molar-refractivity contribution is 5.78. The van der Waals surface area contributed by atoms with Crippen molar-refractivity contribution in [2.24, 2.45) is 17.4 Å². The summed E-state index contributed by atoms with van der Waals surface area (Å²) in [5, 5.41) is 0. The van der Waals surface area contributed by atoms with Crippen LogP contribution in [0.5, 0.6) is 0 Å². The van der Waals surface area contributed by atoms with Crippen LogP contribution in [0.3, 0.4) is 0 Å². The molecule has 2 rings (SSSR count). The maximum atomic E-state index is 11.6. The van der Waals surface area contributed by atoms with Gasteiger partial charge in [-0.15, -0.1) is 0 Å². The standard InChI is InChI=1S/C13H24N4O3/c14-12(18)9-16-3-4-17(8-10(7-16)13(15)19)11-1-5-20-6-2-11/h10-11H,1-9H2,(H2,14,18)(H2,15,19). The van der Waals surface area contributed by atoms with Gasteiger partial charge in [-0.05, 0) is 12.8 Å². The summed E-state index contributed by atoms with van der Waals surface area (Å²) in [7, 11) is 0. The van der Waals surface area contributed by atoms with Gasteiger partial charge in [-0.3, -0.25) is 19.4 Å². The van der Waals surface area contributed by atoms with Gasteiger partial charge < -0.3 is 16.2 Å². The number of carbonyl (C=O) groups is 2. The predicted octanol–water partition coefficient (Wildman–Crippen LogP) is -1.63. The molecular formula is C13H24N4O3. The molecule has 0 radical (unpaired) electrons. The Labute approximate surface area is 119 Å². The van der Waals surface area contributed by atoms with E-state index in [1.165, 1.54) is 0 Å². The van der Waals surface area contributed by atoms with Crippen molar-refractivity contribution in [3.8, 4) is 0 Å². The summed E-state index contributed by atoms with van der Waals surface area (Å²) in [4.78, 5) is 26.9. The van der Waals surface area contributed by atoms with Gasteiger partial charge in [0, 0.05) is 45.4 Å². The first-order valence-corrected chi connectivity index (χ1v) is 7.18. The van der Waals surface area contributed by atoms with Crippen molar-refractivity contribution in [3.63, 3.8) is 0 Å². The second kappa shape index (κ2) is 7.01. The van der Waals surface area contributed by atoms with E-state index >= 15 is 0 Å². The molecule has 2 aliphatic heterocycles. The average Bonchev–Trinajstić information content (AvgIpc) is 2.62. The second-order valence-corrected chi connectivity index (χ2v) is 5.64. The minimum absolute atomic E-state index is 0.186. The van der Waals surface area contributed by atoms with E-state index in [1.807, 2.05) is 4.90 Å². The highest BCUT2D eigenvalue weighted by Crippen LogP contribution is 2.18. The van der Waals surface area contributed by atoms with Gasteiger partial charge in [0.05, 0.1) is 12.5 Å². The number of carbonyl (C=O) groups excluding carboxylic acids is 2. The molecule has 0 aromatic rings. The molecule has 0 aliphatic carbocycles. The number of ether oxygens (including phenoxy) is 1. The first-order chi connectivity index (χ1) is 9.56. The fraction of sp³-hybridized carbons (Fsp3) is 0.846. The number of primary amides is 2. The number of nitrogens with two attached hydrogens (primary N) is 2. The van der Waals surface area contributed by atoms with E-state index in [9.17, 15) is 9.59 Å². The van der Waals surface area contributed by atoms with Crippen LogP contribution in [0.15, 0.2) is 0 Å². The van der Waals surface area contributed by atoms with E-state index in [-0.39, 0.29) is 24.3 Å². The first kappa shape index (κ1) is 15.2. The lowest BCUT2D eigenvalue weighted by atomic mass is 10.0. The summed E-state index contributed by atoms with van der Waals surface area (Å²) in [6.07, 6.45) is 1.97. The zero-order valence-corrected chi connectivity index (χ0v) is 11.8. The topological polar surface area (TPSA) is 102 Å². The summed E-state index contributed by atoms with van der Waals surface area (Å²) in [6, 6.07) is 0.444. The van der Waals surface area contributed by atoms with Crippen LogP contribution in [0.2, 0.25) is 0 Å². The van der Waals surface area contributed by atoms with E-state index in [4.69, 9.17) is 16.2 Å². The molecule has 2 saturated heterocycles. The van der Waals surface area contributed by atoms with Crippen molar-refractivity contribution >= 4 is 11.8 Å². The molecule has 114 valence electrons. The summed E-state index contributed by atoms with van der Waals surface area (Å²) in [6.45, 7) is 4.48. The van der Waals surface area contributed by atoms with Crippen molar-refractivity contribution in [3.05, 3.63) is 0 Å². The molecule has 2 aliphatic rings. The maximum absolute atomic E-state index is 11.6. The number of nitrogens with zero attached hydrogens (tertiary/aromatic N) is 2. The van der Waals surface area contributed by atoms with Crippen molar-refractivity contribution in [2.75, 3.05) is 45.9 Å². The molecule has 2 heterocycles. The highest BCUT2D eigenvalue weighted by Gasteiger charge is 2.31. The van der Waals surface area contributed by atoms with E-state index in [1.54, 1.807) is 0 Å². The Kier molecular flexibility index (Phi) is 5.33. The molecular weight excluding hydrogens is 260 g/mol. The first-order valence-electron chi connectivity index (χ1n) is 7.18. The zero-order valence-electron chi connectivity index (χ0n) is 11.8. The van der Waals surface area contributed by atoms with Crippen LogP contribution in [-0.2, 0) is 14.3 Å². The monoisotopic (exact) mass is 284 g/mol. The summed E-state index contributed by atoms with van der Waals surface area (Å²) in [5.74, 6) is -0.925. The van der Waals surface area contributed by atoms with Crippen LogP contribution in [0, 0.1) is 5.92 Å². The van der Waals surface area contributed by atoms with Gasteiger partial charge in [-0.2, -0.15) is 0 Å². The molecule has 0 spiro atoms. The lowest BCUT2D eigenvalue weighted by molar-refractivity contribution is -0.124. The number of hydrogen-bond acceptors (Lipinski definition) is 5. The molecule has 1 unspecified atom stereocenters. The quantitative estimate of drug-likeness (QED) is 0.645. The molecule has 7 nitrogen and oxygen atoms in total. The van der Waals surface area contributed by atoms with Gasteiger partial charge in [0.25, 0.3) is 0 Å². The molecule has 4 N–H and O–H groups in total. The van der Waals surface area contributed by atoms with Gasteiger partial charge in [-0.1, -0.05) is 0 Å². The van der Waals surface area contributed by atoms with E-state index < -0.39 is 0 Å². The fourth-order valence-electron chi connectivity index (χ4n) is 3.03. The van der Waals surface area contributed by atoms with Crippen LogP contribution in [0.4, 0.5) is 0 Å². The van der Waals surface area contributed by atoms with Crippen LogP contribution < -0.4 is 11.5 Å². The maximum Gasteiger partial charge on any atom is 0.231 e. The summed E-state index contributed by atoms with van der Waals surface area (Å²) >= 11 is 0. The Hall–Kier alpha value is -1.18. The molecule has 0 aromatic carbocycles. The number of hydrogen-bond donors (Lipinski definition) is 2. The molecule has 1 atom stereocenters. The smallest absolute Gasteiger partial charge is 0.231 e. The third kappa shape index (κ3) is 4.16. The highest BCUT2D eigenvalue weighted by atomic mass is 16.5. The molecule has 2 amide bonds. The van der Waals surface area contributed by atoms with Crippen LogP contribution in [0.1, 0.15) is 12.8 Å². The Morgan fingerprint density at radius 1 is 1.10 bits per heavy atom. The van der Waals surface area contributed by atoms with E-state index in [2.05, 4.69) is 4.90 Å². The molecule has 0 bridgehead atoms. The molecule has 7 heteroatoms. The third-order valence-electron chi connectivity index (χ3n) is 4.13. The van der Waals surface area contributed by atoms with Crippen LogP contribution >= 0.6 is 0 Å². The van der Waals surface area contributed by atoms with Crippen molar-refractivity contribution in [1.82, 2.24) is 9.80 Å². The number of amides is 2. The van der Waals surface area contributed by atoms with Gasteiger partial charge >= 0.3 is 0 Å². The Balaban J connectivity index is 2.00. The van der Waals surface area contributed by atoms with Gasteiger partial charge in [0.15, 0.2) is 0 Å². The molecule has 2 fully saturated rings. The summed E-state index contributed by atoms with van der Waals surface area (Å²) < 4.78 is 5.38. The molecule has 0 aromatic heterocycles. The fourth-order valence-corrected chi connectivity index (χ4v) is 3.03. The molecule has 20 heavy (non-hydrogen) atoms. The normalized spacial score (nSPS) is 27.1. The average molecular weight is 284 g/mol. The minimum atomic E-state index is -0.368. The predicted molar refractivity (Wildman–Crippen MR) is 73.7 cm³/mol. The summed E-state index contributed by atoms with van der Waals surface area (Å²) in [5.41, 5.74) is 10.7. The lowest BCUT2D eigenvalue weighted by Crippen LogP contribution is -2.44. The van der Waals surface area contributed by atoms with Crippen molar-refractivity contribution in [2.45, 2.75) is 18.9 Å². The van der Waals surface area contributed by atoms with Crippen molar-refractivity contribution in [1.29, 1.82) is 0 Å². The number of rotatable bonds is 4. The largest absolute Gasteiger partial charge is 0.381 e. The van der Waals surface area contributed by atoms with Gasteiger partial charge in [-0.25, -0.2) is 0 Å². The van der Waals surface area contributed by atoms with E-state index in [0.717, 1.165) is 39.1 Å². The Bertz CT molecular complexity index is 358. The SMILES string of the molecule is NC(=O)CN1CCN(C2CCOCC2)CC(C(N)=O)C1. The lowest BCUT2D eigenvalue weighted by Gasteiger charge is -2.34. The Morgan fingerprint density at radius 2 is 1.80 bits per heavy atom. The second-order valence-electron chi connectivity index (χ2n) is 5.64. The third-order valence-corrected chi connectivity index (χ3v) is 4.13. The molecule has 0 saturated carbocycles. The zero-order chi connectivity index (χ0) is 14.5. The minimum Gasteiger partial charge on any atom is -0.381 e. The Morgan fingerprint density at radius 3 is 2.40 bits per heavy atom. The van der Waals surface area contributed by atoms with Gasteiger partial charge in [0.2, 0.25) is 11.8 Å².